The number of hydrogen-bond donors (Lipinski definition) is 1. The molecule has 0 fully saturated rings. The van der Waals surface area contributed by atoms with Gasteiger partial charge in [-0.25, -0.2) is 8.78 Å². The topological polar surface area (TPSA) is 50.4 Å². The van der Waals surface area contributed by atoms with Crippen LogP contribution in [0.4, 0.5) is 8.78 Å². The third-order valence-corrected chi connectivity index (χ3v) is 5.62. The Morgan fingerprint density at radius 2 is 2.00 bits per heavy atom. The third-order valence-electron chi connectivity index (χ3n) is 3.60. The summed E-state index contributed by atoms with van der Waals surface area (Å²) in [6.07, 6.45) is -1.06. The number of rotatable bonds is 4. The minimum Gasteiger partial charge on any atom is -0.387 e. The molecule has 2 heterocycles. The molecule has 122 valence electrons. The van der Waals surface area contributed by atoms with Crippen LogP contribution in [0.15, 0.2) is 47.6 Å². The average molecular weight is 363 g/mol. The van der Waals surface area contributed by atoms with E-state index < -0.39 is 17.7 Å². The highest BCUT2D eigenvalue weighted by atomic mass is 32.2. The van der Waals surface area contributed by atoms with Crippen LogP contribution in [0.25, 0.3) is 15.2 Å². The number of para-hydroxylation sites is 1. The van der Waals surface area contributed by atoms with E-state index in [9.17, 15) is 13.9 Å². The molecule has 0 aliphatic heterocycles. The van der Waals surface area contributed by atoms with E-state index in [0.717, 1.165) is 27.3 Å². The number of halogens is 2. The lowest BCUT2D eigenvalue weighted by molar-refractivity contribution is 0.198. The van der Waals surface area contributed by atoms with Gasteiger partial charge in [0.05, 0.1) is 16.3 Å². The Morgan fingerprint density at radius 3 is 2.83 bits per heavy atom. The number of nitrogens with zero attached hydrogens (tertiary/aromatic N) is 3. The molecular weight excluding hydrogens is 352 g/mol. The lowest BCUT2D eigenvalue weighted by Crippen LogP contribution is -2.04. The number of aromatic nitrogens is 3. The molecule has 0 amide bonds. The molecule has 0 aliphatic rings. The quantitative estimate of drug-likeness (QED) is 0.556. The second kappa shape index (κ2) is 6.12. The second-order valence-corrected chi connectivity index (χ2v) is 7.16. The third kappa shape index (κ3) is 2.66. The lowest BCUT2D eigenvalue weighted by Gasteiger charge is -2.10. The normalized spacial score (nSPS) is 13.0. The van der Waals surface area contributed by atoms with Crippen molar-refractivity contribution in [3.8, 4) is 0 Å². The lowest BCUT2D eigenvalue weighted by atomic mass is 10.1. The standard InChI is InChI=1S/C16H11F2N3OS2/c17-9-5-6-10(11(18)7-9)13(22)8-23-15-19-20-16-21(15)12-3-1-2-4-14(12)24-16/h1-7,13,22H,8H2. The molecule has 1 N–H and O–H groups in total. The van der Waals surface area contributed by atoms with Crippen LogP contribution in [-0.2, 0) is 0 Å². The fraction of sp³-hybridized carbons (Fsp3) is 0.125. The Labute approximate surface area is 143 Å². The van der Waals surface area contributed by atoms with Crippen LogP contribution in [0.5, 0.6) is 0 Å². The van der Waals surface area contributed by atoms with Gasteiger partial charge in [-0.2, -0.15) is 0 Å². The molecule has 0 bridgehead atoms. The van der Waals surface area contributed by atoms with Gasteiger partial charge in [0, 0.05) is 17.4 Å². The number of hydrogen-bond acceptors (Lipinski definition) is 5. The van der Waals surface area contributed by atoms with Gasteiger partial charge in [0.2, 0.25) is 4.96 Å². The molecule has 1 unspecified atom stereocenters. The van der Waals surface area contributed by atoms with Crippen LogP contribution in [0.1, 0.15) is 11.7 Å². The number of thiazole rings is 1. The second-order valence-electron chi connectivity index (χ2n) is 5.16. The molecule has 0 aliphatic carbocycles. The van der Waals surface area contributed by atoms with Crippen molar-refractivity contribution in [3.05, 3.63) is 59.7 Å². The molecule has 0 saturated carbocycles. The zero-order chi connectivity index (χ0) is 16.7. The van der Waals surface area contributed by atoms with Crippen LogP contribution >= 0.6 is 23.1 Å². The van der Waals surface area contributed by atoms with Gasteiger partial charge in [-0.3, -0.25) is 4.40 Å². The largest absolute Gasteiger partial charge is 0.387 e. The number of aliphatic hydroxyl groups is 1. The van der Waals surface area contributed by atoms with E-state index in [1.54, 1.807) is 0 Å². The Bertz CT molecular complexity index is 1030. The van der Waals surface area contributed by atoms with Gasteiger partial charge in [-0.1, -0.05) is 41.3 Å². The highest BCUT2D eigenvalue weighted by molar-refractivity contribution is 7.99. The van der Waals surface area contributed by atoms with Gasteiger partial charge in [-0.15, -0.1) is 10.2 Å². The van der Waals surface area contributed by atoms with Crippen LogP contribution < -0.4 is 0 Å². The summed E-state index contributed by atoms with van der Waals surface area (Å²) in [5.41, 5.74) is 1.06. The molecule has 0 spiro atoms. The van der Waals surface area contributed by atoms with Gasteiger partial charge >= 0.3 is 0 Å². The van der Waals surface area contributed by atoms with Crippen molar-refractivity contribution in [3.63, 3.8) is 0 Å². The number of benzene rings is 2. The van der Waals surface area contributed by atoms with Crippen LogP contribution in [0, 0.1) is 11.6 Å². The van der Waals surface area contributed by atoms with Crippen LogP contribution in [0.2, 0.25) is 0 Å². The first kappa shape index (κ1) is 15.5. The van der Waals surface area contributed by atoms with Gasteiger partial charge in [0.1, 0.15) is 11.6 Å². The maximum Gasteiger partial charge on any atom is 0.217 e. The van der Waals surface area contributed by atoms with Gasteiger partial charge < -0.3 is 5.11 Å². The summed E-state index contributed by atoms with van der Waals surface area (Å²) in [5, 5.41) is 19.1. The van der Waals surface area contributed by atoms with Crippen molar-refractivity contribution in [1.29, 1.82) is 0 Å². The van der Waals surface area contributed by atoms with E-state index in [0.29, 0.717) is 5.16 Å². The highest BCUT2D eigenvalue weighted by Gasteiger charge is 2.17. The first-order valence-electron chi connectivity index (χ1n) is 7.12. The van der Waals surface area contributed by atoms with Gasteiger partial charge in [0.25, 0.3) is 0 Å². The number of thioether (sulfide) groups is 1. The first-order chi connectivity index (χ1) is 11.6. The highest BCUT2D eigenvalue weighted by Crippen LogP contribution is 2.31. The summed E-state index contributed by atoms with van der Waals surface area (Å²) in [6.45, 7) is 0. The van der Waals surface area contributed by atoms with E-state index in [-0.39, 0.29) is 11.3 Å². The van der Waals surface area contributed by atoms with Crippen molar-refractivity contribution in [2.45, 2.75) is 11.3 Å². The summed E-state index contributed by atoms with van der Waals surface area (Å²) < 4.78 is 29.7. The summed E-state index contributed by atoms with van der Waals surface area (Å²) in [5.74, 6) is -1.23. The molecule has 2 aromatic carbocycles. The first-order valence-corrected chi connectivity index (χ1v) is 8.92. The maximum absolute atomic E-state index is 13.7. The fourth-order valence-electron chi connectivity index (χ4n) is 2.46. The molecule has 4 rings (SSSR count). The van der Waals surface area contributed by atoms with E-state index in [2.05, 4.69) is 10.2 Å². The van der Waals surface area contributed by atoms with Crippen molar-refractivity contribution in [1.82, 2.24) is 14.6 Å². The van der Waals surface area contributed by atoms with Crippen LogP contribution in [0.3, 0.4) is 0 Å². The Morgan fingerprint density at radius 1 is 1.17 bits per heavy atom. The van der Waals surface area contributed by atoms with Gasteiger partial charge in [-0.05, 0) is 18.2 Å². The molecule has 2 aromatic heterocycles. The smallest absolute Gasteiger partial charge is 0.217 e. The molecule has 0 radical (unpaired) electrons. The molecule has 24 heavy (non-hydrogen) atoms. The summed E-state index contributed by atoms with van der Waals surface area (Å²) in [4.78, 5) is 0.765. The Balaban J connectivity index is 1.60. The molecular formula is C16H11F2N3OS2. The Kier molecular flexibility index (Phi) is 3.95. The predicted octanol–water partition coefficient (Wildman–Crippen LogP) is 4.05. The van der Waals surface area contributed by atoms with Crippen molar-refractivity contribution in [2.24, 2.45) is 0 Å². The maximum atomic E-state index is 13.7. The predicted molar refractivity (Wildman–Crippen MR) is 90.4 cm³/mol. The zero-order valence-corrected chi connectivity index (χ0v) is 13.8. The fourth-order valence-corrected chi connectivity index (χ4v) is 4.39. The van der Waals surface area contributed by atoms with Crippen molar-refractivity contribution >= 4 is 38.3 Å². The molecule has 8 heteroatoms. The SMILES string of the molecule is OC(CSc1nnc2sc3ccccc3n12)c1ccc(F)cc1F. The molecule has 4 aromatic rings. The molecule has 0 saturated heterocycles. The van der Waals surface area contributed by atoms with Crippen LogP contribution in [-0.4, -0.2) is 25.5 Å². The summed E-state index contributed by atoms with van der Waals surface area (Å²) in [7, 11) is 0. The zero-order valence-electron chi connectivity index (χ0n) is 12.2. The molecule has 4 nitrogen and oxygen atoms in total. The van der Waals surface area contributed by atoms with E-state index in [1.807, 2.05) is 28.7 Å². The van der Waals surface area contributed by atoms with Crippen molar-refractivity contribution in [2.75, 3.05) is 5.75 Å². The summed E-state index contributed by atoms with van der Waals surface area (Å²) in [6, 6.07) is 11.0. The van der Waals surface area contributed by atoms with E-state index in [4.69, 9.17) is 0 Å². The monoisotopic (exact) mass is 363 g/mol. The average Bonchev–Trinajstić information content (AvgIpc) is 3.11. The van der Waals surface area contributed by atoms with E-state index >= 15 is 0 Å². The minimum absolute atomic E-state index is 0.0693. The van der Waals surface area contributed by atoms with Crippen molar-refractivity contribution < 1.29 is 13.9 Å². The summed E-state index contributed by atoms with van der Waals surface area (Å²) >= 11 is 2.81. The minimum atomic E-state index is -1.06. The number of aliphatic hydroxyl groups excluding tert-OH is 1. The van der Waals surface area contributed by atoms with E-state index in [1.165, 1.54) is 29.2 Å². The van der Waals surface area contributed by atoms with Gasteiger partial charge in [0.15, 0.2) is 5.16 Å². The Hall–Kier alpha value is -2.03. The number of fused-ring (bicyclic) bond motifs is 3. The molecule has 1 atom stereocenters.